The van der Waals surface area contributed by atoms with Crippen molar-refractivity contribution in [2.45, 2.75) is 39.8 Å². The maximum Gasteiger partial charge on any atom is 0.0449 e. The zero-order chi connectivity index (χ0) is 12.8. The molecule has 2 heteroatoms. The lowest BCUT2D eigenvalue weighted by Crippen LogP contribution is -2.36. The third-order valence-corrected chi connectivity index (χ3v) is 3.28. The molecule has 0 heterocycles. The van der Waals surface area contributed by atoms with Crippen molar-refractivity contribution >= 4 is 0 Å². The Hall–Kier alpha value is -0.860. The molecule has 1 rings (SSSR count). The molecule has 0 saturated carbocycles. The predicted molar refractivity (Wildman–Crippen MR) is 75.4 cm³/mol. The highest BCUT2D eigenvalue weighted by atomic mass is 15.1. The van der Waals surface area contributed by atoms with Gasteiger partial charge in [0.15, 0.2) is 0 Å². The van der Waals surface area contributed by atoms with Crippen LogP contribution in [0.5, 0.6) is 0 Å². The maximum absolute atomic E-state index is 3.56. The fraction of sp³-hybridized carbons (Fsp3) is 0.600. The molecule has 0 aliphatic rings. The van der Waals surface area contributed by atoms with Crippen molar-refractivity contribution in [1.82, 2.24) is 10.2 Å². The van der Waals surface area contributed by atoms with Crippen molar-refractivity contribution in [1.29, 1.82) is 0 Å². The summed E-state index contributed by atoms with van der Waals surface area (Å²) in [7, 11) is 2.18. The SMILES string of the molecule is CCNC(CN(C)C(C)C)c1ccc(C)cc1. The second-order valence-electron chi connectivity index (χ2n) is 5.05. The summed E-state index contributed by atoms with van der Waals surface area (Å²) in [5.74, 6) is 0. The first kappa shape index (κ1) is 14.2. The Morgan fingerprint density at radius 1 is 1.18 bits per heavy atom. The smallest absolute Gasteiger partial charge is 0.0449 e. The van der Waals surface area contributed by atoms with E-state index in [1.807, 2.05) is 0 Å². The van der Waals surface area contributed by atoms with Gasteiger partial charge in [0.25, 0.3) is 0 Å². The molecule has 1 aromatic carbocycles. The molecule has 0 aliphatic carbocycles. The highest BCUT2D eigenvalue weighted by Crippen LogP contribution is 2.15. The van der Waals surface area contributed by atoms with Crippen LogP contribution in [0, 0.1) is 6.92 Å². The zero-order valence-corrected chi connectivity index (χ0v) is 11.8. The van der Waals surface area contributed by atoms with Gasteiger partial charge in [-0.3, -0.25) is 0 Å². The van der Waals surface area contributed by atoms with Crippen LogP contribution < -0.4 is 5.32 Å². The first-order chi connectivity index (χ1) is 8.04. The minimum Gasteiger partial charge on any atom is -0.309 e. The van der Waals surface area contributed by atoms with Crippen LogP contribution in [0.4, 0.5) is 0 Å². The van der Waals surface area contributed by atoms with Crippen molar-refractivity contribution in [2.24, 2.45) is 0 Å². The summed E-state index contributed by atoms with van der Waals surface area (Å²) in [4.78, 5) is 2.38. The van der Waals surface area contributed by atoms with E-state index in [0.29, 0.717) is 12.1 Å². The average molecular weight is 234 g/mol. The van der Waals surface area contributed by atoms with Crippen LogP contribution in [0.1, 0.15) is 37.9 Å². The largest absolute Gasteiger partial charge is 0.309 e. The molecule has 1 aromatic rings. The number of aryl methyl sites for hydroxylation is 1. The quantitative estimate of drug-likeness (QED) is 0.814. The van der Waals surface area contributed by atoms with Gasteiger partial charge in [-0.1, -0.05) is 36.8 Å². The van der Waals surface area contributed by atoms with E-state index in [2.05, 4.69) is 69.2 Å². The van der Waals surface area contributed by atoms with Crippen molar-refractivity contribution < 1.29 is 0 Å². The van der Waals surface area contributed by atoms with Gasteiger partial charge in [0.05, 0.1) is 0 Å². The van der Waals surface area contributed by atoms with Crippen LogP contribution in [0.2, 0.25) is 0 Å². The van der Waals surface area contributed by atoms with E-state index in [1.54, 1.807) is 0 Å². The van der Waals surface area contributed by atoms with E-state index in [1.165, 1.54) is 11.1 Å². The lowest BCUT2D eigenvalue weighted by atomic mass is 10.0. The van der Waals surface area contributed by atoms with Gasteiger partial charge in [-0.25, -0.2) is 0 Å². The van der Waals surface area contributed by atoms with Gasteiger partial charge in [-0.05, 0) is 39.9 Å². The number of nitrogens with one attached hydrogen (secondary N) is 1. The number of benzene rings is 1. The molecule has 1 atom stereocenters. The number of hydrogen-bond donors (Lipinski definition) is 1. The third kappa shape index (κ3) is 4.49. The van der Waals surface area contributed by atoms with Crippen molar-refractivity contribution in [2.75, 3.05) is 20.1 Å². The van der Waals surface area contributed by atoms with Gasteiger partial charge in [0.1, 0.15) is 0 Å². The summed E-state index contributed by atoms with van der Waals surface area (Å²) in [5, 5.41) is 3.56. The minimum atomic E-state index is 0.424. The van der Waals surface area contributed by atoms with Crippen molar-refractivity contribution in [3.8, 4) is 0 Å². The fourth-order valence-electron chi connectivity index (χ4n) is 1.83. The molecular formula is C15H26N2. The lowest BCUT2D eigenvalue weighted by Gasteiger charge is -2.28. The summed E-state index contributed by atoms with van der Waals surface area (Å²) in [5.41, 5.74) is 2.70. The molecule has 0 fully saturated rings. The van der Waals surface area contributed by atoms with Crippen LogP contribution >= 0.6 is 0 Å². The molecule has 2 nitrogen and oxygen atoms in total. The lowest BCUT2D eigenvalue weighted by molar-refractivity contribution is 0.243. The standard InChI is InChI=1S/C15H26N2/c1-6-16-15(11-17(5)12(2)3)14-9-7-13(4)8-10-14/h7-10,12,15-16H,6,11H2,1-5H3. The summed E-state index contributed by atoms with van der Waals surface area (Å²) in [6, 6.07) is 9.85. The second kappa shape index (κ2) is 6.77. The van der Waals surface area contributed by atoms with Crippen molar-refractivity contribution in [3.63, 3.8) is 0 Å². The highest BCUT2D eigenvalue weighted by Gasteiger charge is 2.14. The minimum absolute atomic E-state index is 0.424. The van der Waals surface area contributed by atoms with Crippen LogP contribution in [-0.2, 0) is 0 Å². The summed E-state index contributed by atoms with van der Waals surface area (Å²) in [6.07, 6.45) is 0. The average Bonchev–Trinajstić information content (AvgIpc) is 2.29. The molecular weight excluding hydrogens is 208 g/mol. The fourth-order valence-corrected chi connectivity index (χ4v) is 1.83. The van der Waals surface area contributed by atoms with Gasteiger partial charge < -0.3 is 10.2 Å². The summed E-state index contributed by atoms with van der Waals surface area (Å²) >= 11 is 0. The Labute approximate surface area is 106 Å². The molecule has 0 spiro atoms. The first-order valence-electron chi connectivity index (χ1n) is 6.54. The van der Waals surface area contributed by atoms with Crippen molar-refractivity contribution in [3.05, 3.63) is 35.4 Å². The molecule has 0 saturated heterocycles. The Morgan fingerprint density at radius 3 is 2.24 bits per heavy atom. The van der Waals surface area contributed by atoms with E-state index >= 15 is 0 Å². The van der Waals surface area contributed by atoms with E-state index in [4.69, 9.17) is 0 Å². The zero-order valence-electron chi connectivity index (χ0n) is 11.8. The third-order valence-electron chi connectivity index (χ3n) is 3.28. The molecule has 1 unspecified atom stereocenters. The van der Waals surface area contributed by atoms with Gasteiger partial charge >= 0.3 is 0 Å². The molecule has 0 aliphatic heterocycles. The number of rotatable bonds is 6. The van der Waals surface area contributed by atoms with Gasteiger partial charge in [-0.2, -0.15) is 0 Å². The molecule has 0 bridgehead atoms. The molecule has 1 N–H and O–H groups in total. The normalized spacial score (nSPS) is 13.4. The van der Waals surface area contributed by atoms with Crippen LogP contribution in [-0.4, -0.2) is 31.1 Å². The predicted octanol–water partition coefficient (Wildman–Crippen LogP) is 2.99. The van der Waals surface area contributed by atoms with E-state index in [-0.39, 0.29) is 0 Å². The van der Waals surface area contributed by atoms with E-state index in [0.717, 1.165) is 13.1 Å². The van der Waals surface area contributed by atoms with Gasteiger partial charge in [0, 0.05) is 18.6 Å². The summed E-state index contributed by atoms with van der Waals surface area (Å²) < 4.78 is 0. The Kier molecular flexibility index (Phi) is 5.66. The Balaban J connectivity index is 2.74. The van der Waals surface area contributed by atoms with E-state index in [9.17, 15) is 0 Å². The topological polar surface area (TPSA) is 15.3 Å². The molecule has 96 valence electrons. The Morgan fingerprint density at radius 2 is 1.76 bits per heavy atom. The number of hydrogen-bond acceptors (Lipinski definition) is 2. The number of likely N-dealkylation sites (N-methyl/N-ethyl adjacent to an activating group) is 2. The molecule has 0 aromatic heterocycles. The Bertz CT molecular complexity index is 316. The number of nitrogens with zero attached hydrogens (tertiary/aromatic N) is 1. The second-order valence-corrected chi connectivity index (χ2v) is 5.05. The maximum atomic E-state index is 3.56. The first-order valence-corrected chi connectivity index (χ1v) is 6.54. The van der Waals surface area contributed by atoms with Crippen LogP contribution in [0.25, 0.3) is 0 Å². The summed E-state index contributed by atoms with van der Waals surface area (Å²) in [6.45, 7) is 10.8. The molecule has 17 heavy (non-hydrogen) atoms. The monoisotopic (exact) mass is 234 g/mol. The molecule has 0 radical (unpaired) electrons. The highest BCUT2D eigenvalue weighted by molar-refractivity contribution is 5.24. The van der Waals surface area contributed by atoms with E-state index < -0.39 is 0 Å². The van der Waals surface area contributed by atoms with Crippen LogP contribution in [0.3, 0.4) is 0 Å². The van der Waals surface area contributed by atoms with Gasteiger partial charge in [-0.15, -0.1) is 0 Å². The molecule has 0 amide bonds. The van der Waals surface area contributed by atoms with Gasteiger partial charge in [0.2, 0.25) is 0 Å². The van der Waals surface area contributed by atoms with Crippen LogP contribution in [0.15, 0.2) is 24.3 Å².